The second-order valence-corrected chi connectivity index (χ2v) is 5.21. The van der Waals surface area contributed by atoms with E-state index in [0.29, 0.717) is 0 Å². The number of nitrogens with one attached hydrogen (secondary N) is 2. The Bertz CT molecular complexity index is 712. The fourth-order valence-electron chi connectivity index (χ4n) is 1.38. The van der Waals surface area contributed by atoms with Crippen molar-refractivity contribution in [2.24, 2.45) is 5.14 Å². The lowest BCUT2D eigenvalue weighted by molar-refractivity contribution is 0.102. The summed E-state index contributed by atoms with van der Waals surface area (Å²) in [5.41, 5.74) is 0.130. The third-order valence-electron chi connectivity index (χ3n) is 2.20. The zero-order valence-electron chi connectivity index (χ0n) is 9.42. The summed E-state index contributed by atoms with van der Waals surface area (Å²) >= 11 is 0. The van der Waals surface area contributed by atoms with E-state index in [1.807, 2.05) is 0 Å². The molecule has 1 aromatic carbocycles. The van der Waals surface area contributed by atoms with Crippen LogP contribution in [0.1, 0.15) is 10.5 Å². The van der Waals surface area contributed by atoms with Crippen molar-refractivity contribution < 1.29 is 17.6 Å². The molecule has 1 aromatic heterocycles. The first-order valence-corrected chi connectivity index (χ1v) is 6.55. The quantitative estimate of drug-likeness (QED) is 0.758. The monoisotopic (exact) mass is 284 g/mol. The Morgan fingerprint density at radius 3 is 2.68 bits per heavy atom. The van der Waals surface area contributed by atoms with Crippen LogP contribution in [-0.4, -0.2) is 24.5 Å². The number of sulfonamides is 1. The highest BCUT2D eigenvalue weighted by Crippen LogP contribution is 2.17. The van der Waals surface area contributed by atoms with Gasteiger partial charge in [0.25, 0.3) is 5.91 Å². The fourth-order valence-corrected chi connectivity index (χ4v) is 1.95. The molecule has 0 radical (unpaired) electrons. The minimum atomic E-state index is -4.05. The summed E-state index contributed by atoms with van der Waals surface area (Å²) in [6.45, 7) is 0. The fraction of sp³-hybridized carbons (Fsp3) is 0. The molecule has 4 N–H and O–H groups in total. The summed E-state index contributed by atoms with van der Waals surface area (Å²) in [5, 5.41) is 13.2. The molecule has 0 saturated carbocycles. The Balaban J connectivity index is 2.31. The molecule has 2 rings (SSSR count). The second-order valence-electron chi connectivity index (χ2n) is 3.65. The Hall–Kier alpha value is -2.26. The third-order valence-corrected chi connectivity index (χ3v) is 3.10. The topological polar surface area (TPSA) is 118 Å². The molecule has 0 saturated heterocycles. The summed E-state index contributed by atoms with van der Waals surface area (Å²) in [5.74, 6) is -1.41. The van der Waals surface area contributed by atoms with Crippen LogP contribution in [0.5, 0.6) is 0 Å². The lowest BCUT2D eigenvalue weighted by Gasteiger charge is -2.06. The number of primary sulfonamides is 1. The standard InChI is InChI=1S/C10H9FN4O3S/c11-6-3-7(5-8(4-6)19(12,17)18)14-10(16)9-1-2-13-15-9/h1-5H,(H,13,15)(H,14,16)(H2,12,17,18). The number of H-pyrrole nitrogens is 1. The summed E-state index contributed by atoms with van der Waals surface area (Å²) in [4.78, 5) is 11.2. The van der Waals surface area contributed by atoms with E-state index in [9.17, 15) is 17.6 Å². The second kappa shape index (κ2) is 4.78. The third kappa shape index (κ3) is 3.14. The van der Waals surface area contributed by atoms with Crippen LogP contribution < -0.4 is 10.5 Å². The molecule has 0 bridgehead atoms. The Morgan fingerprint density at radius 2 is 2.11 bits per heavy atom. The Morgan fingerprint density at radius 1 is 1.37 bits per heavy atom. The van der Waals surface area contributed by atoms with Gasteiger partial charge in [0, 0.05) is 11.9 Å². The predicted molar refractivity (Wildman–Crippen MR) is 64.3 cm³/mol. The van der Waals surface area contributed by atoms with Crippen molar-refractivity contribution in [2.75, 3.05) is 5.32 Å². The van der Waals surface area contributed by atoms with E-state index in [1.165, 1.54) is 12.3 Å². The molecule has 100 valence electrons. The number of nitrogens with two attached hydrogens (primary N) is 1. The van der Waals surface area contributed by atoms with Gasteiger partial charge in [-0.25, -0.2) is 17.9 Å². The highest BCUT2D eigenvalue weighted by Gasteiger charge is 2.13. The van der Waals surface area contributed by atoms with Gasteiger partial charge in [-0.15, -0.1) is 0 Å². The number of carbonyl (C=O) groups excluding carboxylic acids is 1. The van der Waals surface area contributed by atoms with Crippen LogP contribution in [0.15, 0.2) is 35.4 Å². The van der Waals surface area contributed by atoms with Crippen LogP contribution in [0.4, 0.5) is 10.1 Å². The first-order chi connectivity index (χ1) is 8.86. The van der Waals surface area contributed by atoms with Crippen LogP contribution in [0.2, 0.25) is 0 Å². The average molecular weight is 284 g/mol. The van der Waals surface area contributed by atoms with E-state index in [2.05, 4.69) is 15.5 Å². The molecule has 9 heteroatoms. The zero-order chi connectivity index (χ0) is 14.0. The largest absolute Gasteiger partial charge is 0.321 e. The molecule has 0 aliphatic carbocycles. The maximum Gasteiger partial charge on any atom is 0.273 e. The van der Waals surface area contributed by atoms with Gasteiger partial charge < -0.3 is 5.32 Å². The number of aromatic nitrogens is 2. The van der Waals surface area contributed by atoms with Crippen molar-refractivity contribution in [3.05, 3.63) is 42.0 Å². The Kier molecular flexibility index (Phi) is 3.32. The van der Waals surface area contributed by atoms with Crippen molar-refractivity contribution in [3.63, 3.8) is 0 Å². The molecule has 0 fully saturated rings. The van der Waals surface area contributed by atoms with Gasteiger partial charge in [0.1, 0.15) is 11.5 Å². The highest BCUT2D eigenvalue weighted by atomic mass is 32.2. The van der Waals surface area contributed by atoms with Crippen molar-refractivity contribution in [1.82, 2.24) is 10.2 Å². The number of aromatic amines is 1. The van der Waals surface area contributed by atoms with Gasteiger partial charge in [0.05, 0.1) is 4.90 Å². The van der Waals surface area contributed by atoms with E-state index in [0.717, 1.165) is 18.2 Å². The van der Waals surface area contributed by atoms with Gasteiger partial charge in [-0.1, -0.05) is 0 Å². The molecule has 0 atom stereocenters. The maximum atomic E-state index is 13.3. The molecule has 2 aromatic rings. The number of rotatable bonds is 3. The van der Waals surface area contributed by atoms with Gasteiger partial charge in [-0.05, 0) is 24.3 Å². The normalized spacial score (nSPS) is 11.3. The molecule has 1 heterocycles. The minimum absolute atomic E-state index is 0.0244. The number of halogens is 1. The van der Waals surface area contributed by atoms with Crippen LogP contribution in [0.25, 0.3) is 0 Å². The van der Waals surface area contributed by atoms with Gasteiger partial charge in [0.15, 0.2) is 0 Å². The van der Waals surface area contributed by atoms with Gasteiger partial charge in [-0.3, -0.25) is 9.89 Å². The molecule has 7 nitrogen and oxygen atoms in total. The number of hydrogen-bond donors (Lipinski definition) is 3. The number of amides is 1. The SMILES string of the molecule is NS(=O)(=O)c1cc(F)cc(NC(=O)c2ccn[nH]2)c1. The molecular weight excluding hydrogens is 275 g/mol. The molecule has 0 aliphatic heterocycles. The van der Waals surface area contributed by atoms with E-state index < -0.39 is 26.6 Å². The number of benzene rings is 1. The van der Waals surface area contributed by atoms with Gasteiger partial charge >= 0.3 is 0 Å². The predicted octanol–water partition coefficient (Wildman–Crippen LogP) is 0.449. The van der Waals surface area contributed by atoms with Crippen LogP contribution in [0.3, 0.4) is 0 Å². The lowest BCUT2D eigenvalue weighted by Crippen LogP contribution is -2.15. The van der Waals surface area contributed by atoms with Crippen molar-refractivity contribution in [2.45, 2.75) is 4.90 Å². The number of nitrogens with zero attached hydrogens (tertiary/aromatic N) is 1. The van der Waals surface area contributed by atoms with Crippen molar-refractivity contribution in [1.29, 1.82) is 0 Å². The number of carbonyl (C=O) groups is 1. The molecular formula is C10H9FN4O3S. The van der Waals surface area contributed by atoms with Crippen LogP contribution in [-0.2, 0) is 10.0 Å². The smallest absolute Gasteiger partial charge is 0.273 e. The zero-order valence-corrected chi connectivity index (χ0v) is 10.2. The lowest BCUT2D eigenvalue weighted by atomic mass is 10.3. The summed E-state index contributed by atoms with van der Waals surface area (Å²) in [6, 6.07) is 4.21. The molecule has 19 heavy (non-hydrogen) atoms. The molecule has 0 spiro atoms. The number of anilines is 1. The van der Waals surface area contributed by atoms with Crippen LogP contribution >= 0.6 is 0 Å². The highest BCUT2D eigenvalue weighted by molar-refractivity contribution is 7.89. The van der Waals surface area contributed by atoms with E-state index >= 15 is 0 Å². The first-order valence-electron chi connectivity index (χ1n) is 5.00. The van der Waals surface area contributed by atoms with E-state index in [-0.39, 0.29) is 11.4 Å². The van der Waals surface area contributed by atoms with Crippen LogP contribution in [0, 0.1) is 5.82 Å². The average Bonchev–Trinajstić information content (AvgIpc) is 2.80. The first kappa shape index (κ1) is 13.2. The van der Waals surface area contributed by atoms with Gasteiger partial charge in [0.2, 0.25) is 10.0 Å². The number of hydrogen-bond acceptors (Lipinski definition) is 4. The van der Waals surface area contributed by atoms with E-state index in [4.69, 9.17) is 5.14 Å². The molecule has 0 aliphatic rings. The van der Waals surface area contributed by atoms with Crippen molar-refractivity contribution in [3.8, 4) is 0 Å². The molecule has 1 amide bonds. The minimum Gasteiger partial charge on any atom is -0.321 e. The van der Waals surface area contributed by atoms with Gasteiger partial charge in [-0.2, -0.15) is 5.10 Å². The molecule has 0 unspecified atom stereocenters. The summed E-state index contributed by atoms with van der Waals surface area (Å²) < 4.78 is 35.5. The maximum absolute atomic E-state index is 13.3. The van der Waals surface area contributed by atoms with E-state index in [1.54, 1.807) is 0 Å². The summed E-state index contributed by atoms with van der Waals surface area (Å²) in [7, 11) is -4.05. The Labute approximate surface area is 107 Å². The van der Waals surface area contributed by atoms with Crippen molar-refractivity contribution >= 4 is 21.6 Å². The summed E-state index contributed by atoms with van der Waals surface area (Å²) in [6.07, 6.45) is 1.37.